The molecule has 0 unspecified atom stereocenters. The van der Waals surface area contributed by atoms with Crippen molar-refractivity contribution in [3.63, 3.8) is 0 Å². The number of aryl methyl sites for hydroxylation is 2. The first-order chi connectivity index (χ1) is 10.9. The molecule has 0 saturated heterocycles. The van der Waals surface area contributed by atoms with Crippen molar-refractivity contribution in [1.82, 2.24) is 18.7 Å². The molecule has 1 N–H and O–H groups in total. The first-order valence-corrected chi connectivity index (χ1v) is 7.73. The molecule has 1 fully saturated rings. The number of hydrogen-bond acceptors (Lipinski definition) is 4. The van der Waals surface area contributed by atoms with Crippen LogP contribution in [0.1, 0.15) is 25.7 Å². The fourth-order valence-electron chi connectivity index (χ4n) is 3.30. The second-order valence-electron chi connectivity index (χ2n) is 6.34. The summed E-state index contributed by atoms with van der Waals surface area (Å²) >= 11 is 0. The zero-order valence-corrected chi connectivity index (χ0v) is 13.2. The molecule has 1 saturated carbocycles. The lowest BCUT2D eigenvalue weighted by atomic mass is 9.73. The average molecular weight is 320 g/mol. The van der Waals surface area contributed by atoms with Gasteiger partial charge in [0.2, 0.25) is 0 Å². The van der Waals surface area contributed by atoms with Gasteiger partial charge in [0.1, 0.15) is 0 Å². The number of imidazole rings is 1. The van der Waals surface area contributed by atoms with Crippen LogP contribution in [-0.2, 0) is 25.4 Å². The second kappa shape index (κ2) is 5.68. The maximum absolute atomic E-state index is 12.5. The van der Waals surface area contributed by atoms with E-state index < -0.39 is 5.97 Å². The van der Waals surface area contributed by atoms with E-state index in [-0.39, 0.29) is 17.2 Å². The minimum atomic E-state index is -0.729. The van der Waals surface area contributed by atoms with Gasteiger partial charge in [-0.1, -0.05) is 0 Å². The SMILES string of the molecule is Cn1cnc2c1c(=O)n(CCCC1CC(C(=O)O)C1)c(=O)n2C. The molecule has 2 heterocycles. The summed E-state index contributed by atoms with van der Waals surface area (Å²) in [5.74, 6) is -0.564. The summed E-state index contributed by atoms with van der Waals surface area (Å²) < 4.78 is 4.26. The topological polar surface area (TPSA) is 99.1 Å². The Morgan fingerprint density at radius 1 is 1.35 bits per heavy atom. The lowest BCUT2D eigenvalue weighted by molar-refractivity contribution is -0.146. The maximum atomic E-state index is 12.5. The van der Waals surface area contributed by atoms with Gasteiger partial charge in [-0.2, -0.15) is 0 Å². The van der Waals surface area contributed by atoms with E-state index >= 15 is 0 Å². The zero-order chi connectivity index (χ0) is 16.7. The number of aliphatic carboxylic acids is 1. The molecule has 3 rings (SSSR count). The number of aromatic nitrogens is 4. The highest BCUT2D eigenvalue weighted by atomic mass is 16.4. The standard InChI is InChI=1S/C15H20N4O4/c1-17-8-16-12-11(17)13(20)19(15(23)18(12)2)5-3-4-9-6-10(7-9)14(21)22/h8-10H,3-7H2,1-2H3,(H,21,22). The van der Waals surface area contributed by atoms with E-state index in [1.165, 1.54) is 15.5 Å². The third-order valence-corrected chi connectivity index (χ3v) is 4.78. The largest absolute Gasteiger partial charge is 0.481 e. The predicted molar refractivity (Wildman–Crippen MR) is 83.3 cm³/mol. The number of rotatable bonds is 5. The molecule has 2 aromatic heterocycles. The van der Waals surface area contributed by atoms with Crippen molar-refractivity contribution in [3.8, 4) is 0 Å². The molecule has 0 bridgehead atoms. The minimum absolute atomic E-state index is 0.221. The van der Waals surface area contributed by atoms with Crippen molar-refractivity contribution >= 4 is 17.1 Å². The molecule has 124 valence electrons. The molecule has 23 heavy (non-hydrogen) atoms. The van der Waals surface area contributed by atoms with Crippen molar-refractivity contribution < 1.29 is 9.90 Å². The van der Waals surface area contributed by atoms with E-state index in [0.717, 1.165) is 6.42 Å². The molecule has 0 amide bonds. The third kappa shape index (κ3) is 2.58. The van der Waals surface area contributed by atoms with Gasteiger partial charge in [0, 0.05) is 20.6 Å². The third-order valence-electron chi connectivity index (χ3n) is 4.78. The van der Waals surface area contributed by atoms with Crippen LogP contribution in [0.25, 0.3) is 11.2 Å². The van der Waals surface area contributed by atoms with Crippen LogP contribution in [0.3, 0.4) is 0 Å². The highest BCUT2D eigenvalue weighted by Crippen LogP contribution is 2.36. The Morgan fingerprint density at radius 2 is 2.04 bits per heavy atom. The summed E-state index contributed by atoms with van der Waals surface area (Å²) in [6.07, 6.45) is 4.45. The average Bonchev–Trinajstić information content (AvgIpc) is 2.83. The summed E-state index contributed by atoms with van der Waals surface area (Å²) in [7, 11) is 3.34. The van der Waals surface area contributed by atoms with Gasteiger partial charge >= 0.3 is 11.7 Å². The number of carbonyl (C=O) groups is 1. The van der Waals surface area contributed by atoms with Gasteiger partial charge in [-0.05, 0) is 31.6 Å². The molecule has 0 aromatic carbocycles. The first kappa shape index (κ1) is 15.5. The Bertz CT molecular complexity index is 870. The lowest BCUT2D eigenvalue weighted by Gasteiger charge is -2.32. The van der Waals surface area contributed by atoms with Gasteiger partial charge in [0.25, 0.3) is 5.56 Å². The van der Waals surface area contributed by atoms with E-state index in [0.29, 0.717) is 42.9 Å². The normalized spacial score (nSPS) is 20.6. The number of nitrogens with zero attached hydrogens (tertiary/aromatic N) is 4. The second-order valence-corrected chi connectivity index (χ2v) is 6.34. The van der Waals surface area contributed by atoms with Crippen LogP contribution in [0, 0.1) is 11.8 Å². The number of fused-ring (bicyclic) bond motifs is 1. The van der Waals surface area contributed by atoms with E-state index in [9.17, 15) is 14.4 Å². The van der Waals surface area contributed by atoms with Gasteiger partial charge in [-0.3, -0.25) is 18.7 Å². The fourth-order valence-corrected chi connectivity index (χ4v) is 3.30. The molecule has 0 spiro atoms. The van der Waals surface area contributed by atoms with Crippen molar-refractivity contribution in [1.29, 1.82) is 0 Å². The monoisotopic (exact) mass is 320 g/mol. The molecular weight excluding hydrogens is 300 g/mol. The Morgan fingerprint density at radius 3 is 2.70 bits per heavy atom. The molecule has 8 nitrogen and oxygen atoms in total. The maximum Gasteiger partial charge on any atom is 0.332 e. The molecule has 0 atom stereocenters. The van der Waals surface area contributed by atoms with Crippen LogP contribution >= 0.6 is 0 Å². The molecule has 0 aliphatic heterocycles. The predicted octanol–water partition coefficient (Wildman–Crippen LogP) is 0.325. The van der Waals surface area contributed by atoms with Crippen LogP contribution in [0.2, 0.25) is 0 Å². The Kier molecular flexibility index (Phi) is 3.83. The van der Waals surface area contributed by atoms with E-state index in [4.69, 9.17) is 5.11 Å². The first-order valence-electron chi connectivity index (χ1n) is 7.73. The summed E-state index contributed by atoms with van der Waals surface area (Å²) in [4.78, 5) is 39.7. The lowest BCUT2D eigenvalue weighted by Crippen LogP contribution is -2.40. The van der Waals surface area contributed by atoms with Gasteiger partial charge in [-0.25, -0.2) is 9.78 Å². The van der Waals surface area contributed by atoms with Gasteiger partial charge in [0.05, 0.1) is 12.2 Å². The molecule has 0 radical (unpaired) electrons. The summed E-state index contributed by atoms with van der Waals surface area (Å²) in [6, 6.07) is 0. The van der Waals surface area contributed by atoms with Gasteiger partial charge in [-0.15, -0.1) is 0 Å². The summed E-state index contributed by atoms with van der Waals surface area (Å²) in [5.41, 5.74) is 0.127. The van der Waals surface area contributed by atoms with Crippen LogP contribution in [0.4, 0.5) is 0 Å². The van der Waals surface area contributed by atoms with E-state index in [1.54, 1.807) is 18.7 Å². The minimum Gasteiger partial charge on any atom is -0.481 e. The van der Waals surface area contributed by atoms with Crippen LogP contribution in [0.15, 0.2) is 15.9 Å². The van der Waals surface area contributed by atoms with Crippen LogP contribution in [0.5, 0.6) is 0 Å². The summed E-state index contributed by atoms with van der Waals surface area (Å²) in [6.45, 7) is 0.348. The van der Waals surface area contributed by atoms with E-state index in [1.807, 2.05) is 0 Å². The number of carboxylic acid groups (broad SMARTS) is 1. The smallest absolute Gasteiger partial charge is 0.332 e. The molecule has 1 aliphatic rings. The van der Waals surface area contributed by atoms with Gasteiger partial charge < -0.3 is 9.67 Å². The Balaban J connectivity index is 1.74. The summed E-state index contributed by atoms with van der Waals surface area (Å²) in [5, 5.41) is 8.87. The van der Waals surface area contributed by atoms with Crippen molar-refractivity contribution in [2.45, 2.75) is 32.2 Å². The molecule has 8 heteroatoms. The fraction of sp³-hybridized carbons (Fsp3) is 0.600. The van der Waals surface area contributed by atoms with Crippen molar-refractivity contribution in [2.24, 2.45) is 25.9 Å². The number of carboxylic acids is 1. The molecular formula is C15H20N4O4. The Hall–Kier alpha value is -2.38. The van der Waals surface area contributed by atoms with Crippen LogP contribution in [-0.4, -0.2) is 29.8 Å². The van der Waals surface area contributed by atoms with Gasteiger partial charge in [0.15, 0.2) is 11.2 Å². The zero-order valence-electron chi connectivity index (χ0n) is 13.2. The Labute approximate surface area is 132 Å². The molecule has 2 aromatic rings. The quantitative estimate of drug-likeness (QED) is 0.855. The van der Waals surface area contributed by atoms with Crippen LogP contribution < -0.4 is 11.2 Å². The molecule has 1 aliphatic carbocycles. The van der Waals surface area contributed by atoms with E-state index in [2.05, 4.69) is 4.98 Å². The highest BCUT2D eigenvalue weighted by Gasteiger charge is 2.33. The number of hydrogen-bond donors (Lipinski definition) is 1. The van der Waals surface area contributed by atoms with Crippen molar-refractivity contribution in [2.75, 3.05) is 0 Å². The van der Waals surface area contributed by atoms with Crippen molar-refractivity contribution in [3.05, 3.63) is 27.2 Å². The highest BCUT2D eigenvalue weighted by molar-refractivity contribution is 5.71.